The standard InChI is InChI=1S/C6H9BF2O2.4CO.Mn/c1-4(2)6-5(3)10-7(8,9)11-6;4*1-2;/h4H,3H2,1-2H3;;;;;/q-2;;;;;+2. The summed E-state index contributed by atoms with van der Waals surface area (Å²) in [6.07, 6.45) is 0.148. The van der Waals surface area contributed by atoms with E-state index in [1.54, 1.807) is 13.8 Å². The van der Waals surface area contributed by atoms with Crippen LogP contribution in [0.3, 0.4) is 0 Å². The van der Waals surface area contributed by atoms with Crippen LogP contribution in [0.5, 0.6) is 0 Å². The van der Waals surface area contributed by atoms with E-state index in [0.717, 1.165) is 0 Å². The topological polar surface area (TPSA) is 98.1 Å². The molecule has 0 atom stereocenters. The average Bonchev–Trinajstić information content (AvgIpc) is 2.72. The minimum absolute atomic E-state index is 0. The second kappa shape index (κ2) is 20.1. The minimum Gasteiger partial charge on any atom is 2.00 e. The maximum Gasteiger partial charge on any atom is 2.00 e. The third-order valence-corrected chi connectivity index (χ3v) is 1.34. The Hall–Kier alpha value is -1.23. The average molecular weight is 329 g/mol. The van der Waals surface area contributed by atoms with Crippen LogP contribution in [0.15, 0.2) is 12.3 Å². The maximum absolute atomic E-state index is 12.3. The van der Waals surface area contributed by atoms with Gasteiger partial charge in [0.2, 0.25) is 0 Å². The fraction of sp³-hybridized carbons (Fsp3) is 0.300. The molecule has 1 aliphatic rings. The molecule has 1 fully saturated rings. The summed E-state index contributed by atoms with van der Waals surface area (Å²) < 4.78 is 63.0. The molecule has 0 saturated carbocycles. The molecular weight excluding hydrogens is 320 g/mol. The summed E-state index contributed by atoms with van der Waals surface area (Å²) in [7, 11) is -4.12. The Balaban J connectivity index is -0.0000000722. The van der Waals surface area contributed by atoms with Gasteiger partial charge in [0.15, 0.2) is 0 Å². The molecule has 0 aliphatic carbocycles. The molecule has 0 aromatic heterocycles. The van der Waals surface area contributed by atoms with Crippen LogP contribution in [0, 0.1) is 38.6 Å². The van der Waals surface area contributed by atoms with Crippen molar-refractivity contribution in [3.05, 3.63) is 45.0 Å². The Kier molecular flexibility index (Phi) is 31.4. The molecule has 109 valence electrons. The third-order valence-electron chi connectivity index (χ3n) is 1.34. The summed E-state index contributed by atoms with van der Waals surface area (Å²) in [5.74, 6) is -0.164. The molecule has 10 heteroatoms. The first-order valence-corrected chi connectivity index (χ1v) is 4.18. The predicted octanol–water partition coefficient (Wildman–Crippen LogP) is 1.96. The molecule has 1 radical (unpaired) electrons. The van der Waals surface area contributed by atoms with Crippen molar-refractivity contribution in [2.45, 2.75) is 13.8 Å². The van der Waals surface area contributed by atoms with E-state index in [1.807, 2.05) is 0 Å². The normalized spacial score (nSPS) is 12.8. The summed E-state index contributed by atoms with van der Waals surface area (Å²) >= 11 is 0. The zero-order valence-corrected chi connectivity index (χ0v) is 11.6. The molecule has 0 unspecified atom stereocenters. The quantitative estimate of drug-likeness (QED) is 0.417. The number of rotatable bonds is 1. The van der Waals surface area contributed by atoms with Gasteiger partial charge < -0.3 is 17.9 Å². The molecule has 1 rings (SSSR count). The Morgan fingerprint density at radius 3 is 1.45 bits per heavy atom. The van der Waals surface area contributed by atoms with E-state index in [0.29, 0.717) is 0 Å². The van der Waals surface area contributed by atoms with E-state index in [4.69, 9.17) is 18.6 Å². The minimum atomic E-state index is -4.12. The van der Waals surface area contributed by atoms with E-state index >= 15 is 0 Å². The molecule has 0 N–H and O–H groups in total. The Labute approximate surface area is 126 Å². The first kappa shape index (κ1) is 31.3. The molecule has 0 spiro atoms. The van der Waals surface area contributed by atoms with E-state index in [-0.39, 0.29) is 34.8 Å². The van der Waals surface area contributed by atoms with Crippen LogP contribution in [0.25, 0.3) is 0 Å². The maximum atomic E-state index is 12.3. The summed E-state index contributed by atoms with van der Waals surface area (Å²) in [4.78, 5) is 0. The van der Waals surface area contributed by atoms with E-state index in [1.165, 1.54) is 0 Å². The summed E-state index contributed by atoms with van der Waals surface area (Å²) in [5.41, 5.74) is 0. The van der Waals surface area contributed by atoms with Gasteiger partial charge >= 0.3 is 69.4 Å². The van der Waals surface area contributed by atoms with Gasteiger partial charge in [-0.25, -0.2) is 6.58 Å². The second-order valence-corrected chi connectivity index (χ2v) is 2.71. The molecule has 0 aromatic rings. The Bertz CT molecular complexity index is 303. The number of halogens is 2. The van der Waals surface area contributed by atoms with Crippen molar-refractivity contribution >= 4 is 7.11 Å². The van der Waals surface area contributed by atoms with E-state index in [9.17, 15) is 8.63 Å². The van der Waals surface area contributed by atoms with Gasteiger partial charge in [0.25, 0.3) is 0 Å². The van der Waals surface area contributed by atoms with Crippen LogP contribution >= 0.6 is 0 Å². The molecule has 0 aromatic carbocycles. The summed E-state index contributed by atoms with van der Waals surface area (Å²) in [6, 6.07) is 0. The van der Waals surface area contributed by atoms with Crippen LogP contribution < -0.4 is 0 Å². The van der Waals surface area contributed by atoms with Crippen molar-refractivity contribution in [3.8, 4) is 0 Å². The zero-order valence-electron chi connectivity index (χ0n) is 10.4. The Morgan fingerprint density at radius 2 is 1.35 bits per heavy atom. The van der Waals surface area contributed by atoms with Crippen LogP contribution in [-0.2, 0) is 45.0 Å². The van der Waals surface area contributed by atoms with Gasteiger partial charge in [-0.2, -0.15) is 0 Å². The smallest absolute Gasteiger partial charge is 2.00 e. The van der Waals surface area contributed by atoms with Crippen molar-refractivity contribution in [1.29, 1.82) is 0 Å². The van der Waals surface area contributed by atoms with Gasteiger partial charge in [-0.1, -0.05) is 25.5 Å². The predicted molar refractivity (Wildman–Crippen MR) is 53.1 cm³/mol. The van der Waals surface area contributed by atoms with Crippen molar-refractivity contribution in [2.75, 3.05) is 0 Å². The van der Waals surface area contributed by atoms with Gasteiger partial charge in [0, 0.05) is 0 Å². The van der Waals surface area contributed by atoms with Crippen LogP contribution in [0.4, 0.5) is 8.63 Å². The van der Waals surface area contributed by atoms with Gasteiger partial charge in [0.1, 0.15) is 0 Å². The Morgan fingerprint density at radius 1 is 1.05 bits per heavy atom. The van der Waals surface area contributed by atoms with Gasteiger partial charge in [-0.3, -0.25) is 0 Å². The molecule has 20 heavy (non-hydrogen) atoms. The van der Waals surface area contributed by atoms with E-state index in [2.05, 4.69) is 42.5 Å². The molecule has 0 bridgehead atoms. The first-order valence-electron chi connectivity index (χ1n) is 4.18. The van der Waals surface area contributed by atoms with Gasteiger partial charge in [0.05, 0.1) is 0 Å². The number of hydrogen-bond donors (Lipinski definition) is 0. The monoisotopic (exact) mass is 329 g/mol. The molecule has 1 saturated heterocycles. The van der Waals surface area contributed by atoms with Crippen molar-refractivity contribution in [1.82, 2.24) is 0 Å². The molecular formula is C10H9BF2MnO6. The third kappa shape index (κ3) is 14.8. The first-order chi connectivity index (χ1) is 8.92. The SMILES string of the molecule is C=C1O[B-](F)(F)O[C-]1C(C)C.[C-]#[O+].[C-]#[O+].[C-]#[O+].[C-]#[O+].[Mn+2]. The largest absolute Gasteiger partial charge is 2.00 e. The molecule has 1 heterocycles. The van der Waals surface area contributed by atoms with Crippen LogP contribution in [-0.4, -0.2) is 7.11 Å². The fourth-order valence-corrected chi connectivity index (χ4v) is 0.919. The number of hydrogen-bond acceptors (Lipinski definition) is 2. The van der Waals surface area contributed by atoms with Crippen LogP contribution in [0.2, 0.25) is 0 Å². The van der Waals surface area contributed by atoms with Crippen molar-refractivity contribution < 1.29 is 53.6 Å². The van der Waals surface area contributed by atoms with Crippen LogP contribution in [0.1, 0.15) is 13.8 Å². The fourth-order valence-electron chi connectivity index (χ4n) is 0.919. The van der Waals surface area contributed by atoms with E-state index < -0.39 is 7.11 Å². The van der Waals surface area contributed by atoms with Gasteiger partial charge in [-0.15, -0.1) is 6.10 Å². The molecule has 1 aliphatic heterocycles. The molecule has 0 amide bonds. The zero-order chi connectivity index (χ0) is 16.6. The van der Waals surface area contributed by atoms with Crippen molar-refractivity contribution in [2.24, 2.45) is 5.92 Å². The summed E-state index contributed by atoms with van der Waals surface area (Å²) in [5, 5.41) is 0. The second-order valence-electron chi connectivity index (χ2n) is 2.71. The molecule has 6 nitrogen and oxygen atoms in total. The van der Waals surface area contributed by atoms with Gasteiger partial charge in [-0.05, 0) is 0 Å². The van der Waals surface area contributed by atoms with Crippen molar-refractivity contribution in [3.63, 3.8) is 0 Å². The summed E-state index contributed by atoms with van der Waals surface area (Å²) in [6.45, 7) is 24.8.